The fourth-order valence-electron chi connectivity index (χ4n) is 4.14. The van der Waals surface area contributed by atoms with Gasteiger partial charge in [-0.3, -0.25) is 9.59 Å². The Morgan fingerprint density at radius 3 is 2.75 bits per heavy atom. The van der Waals surface area contributed by atoms with Crippen molar-refractivity contribution in [1.29, 1.82) is 0 Å². The summed E-state index contributed by atoms with van der Waals surface area (Å²) in [7, 11) is 0. The molecule has 3 aliphatic carbocycles. The van der Waals surface area contributed by atoms with Crippen molar-refractivity contribution in [3.05, 3.63) is 40.1 Å². The number of aryl methyl sites for hydroxylation is 1. The monoisotopic (exact) mass is 327 g/mol. The number of fused-ring (bicyclic) bond motifs is 1. The number of aromatic nitrogens is 2. The second kappa shape index (κ2) is 5.87. The van der Waals surface area contributed by atoms with Crippen LogP contribution < -0.4 is 10.9 Å². The minimum Gasteiger partial charge on any atom is -0.350 e. The SMILES string of the molecule is C=CCn1c2c(nc(CNC(=O)C3(C4CC4)CC3)c1=O)CCCC2. The van der Waals surface area contributed by atoms with Crippen molar-refractivity contribution in [3.8, 4) is 0 Å². The van der Waals surface area contributed by atoms with Crippen molar-refractivity contribution in [1.82, 2.24) is 14.9 Å². The molecule has 2 fully saturated rings. The van der Waals surface area contributed by atoms with Crippen LogP contribution in [-0.2, 0) is 30.7 Å². The van der Waals surface area contributed by atoms with Crippen LogP contribution in [0.1, 0.15) is 55.6 Å². The lowest BCUT2D eigenvalue weighted by molar-refractivity contribution is -0.127. The quantitative estimate of drug-likeness (QED) is 0.814. The van der Waals surface area contributed by atoms with Crippen LogP contribution in [0.5, 0.6) is 0 Å². The highest BCUT2D eigenvalue weighted by atomic mass is 16.2. The average Bonchev–Trinajstić information content (AvgIpc) is 3.47. The molecule has 0 atom stereocenters. The molecule has 1 aromatic rings. The summed E-state index contributed by atoms with van der Waals surface area (Å²) in [5.41, 5.74) is 2.35. The fraction of sp³-hybridized carbons (Fsp3) is 0.632. The van der Waals surface area contributed by atoms with Gasteiger partial charge in [0.15, 0.2) is 0 Å². The maximum Gasteiger partial charge on any atom is 0.274 e. The molecule has 4 rings (SSSR count). The van der Waals surface area contributed by atoms with E-state index in [1.165, 1.54) is 12.8 Å². The number of nitrogens with zero attached hydrogens (tertiary/aromatic N) is 2. The highest BCUT2D eigenvalue weighted by Gasteiger charge is 2.59. The molecule has 0 spiro atoms. The first-order valence-electron chi connectivity index (χ1n) is 9.16. The first-order valence-corrected chi connectivity index (χ1v) is 9.16. The molecule has 0 aliphatic heterocycles. The summed E-state index contributed by atoms with van der Waals surface area (Å²) in [6, 6.07) is 0. The highest BCUT2D eigenvalue weighted by molar-refractivity contribution is 5.86. The molecule has 0 saturated heterocycles. The number of hydrogen-bond donors (Lipinski definition) is 1. The molecule has 1 amide bonds. The minimum atomic E-state index is -0.117. The molecular formula is C19H25N3O2. The summed E-state index contributed by atoms with van der Waals surface area (Å²) in [5, 5.41) is 3.00. The van der Waals surface area contributed by atoms with Crippen LogP contribution in [0, 0.1) is 11.3 Å². The molecule has 5 heteroatoms. The summed E-state index contributed by atoms with van der Waals surface area (Å²) in [6.07, 6.45) is 10.2. The summed E-state index contributed by atoms with van der Waals surface area (Å²) < 4.78 is 1.80. The Hall–Kier alpha value is -1.91. The van der Waals surface area contributed by atoms with E-state index in [0.29, 0.717) is 18.2 Å². The van der Waals surface area contributed by atoms with Crippen molar-refractivity contribution in [2.45, 2.75) is 64.5 Å². The van der Waals surface area contributed by atoms with Gasteiger partial charge >= 0.3 is 0 Å². The van der Waals surface area contributed by atoms with Gasteiger partial charge < -0.3 is 9.88 Å². The Morgan fingerprint density at radius 1 is 1.33 bits per heavy atom. The van der Waals surface area contributed by atoms with Crippen molar-refractivity contribution < 1.29 is 4.79 Å². The minimum absolute atomic E-state index is 0.0767. The Kier molecular flexibility index (Phi) is 3.82. The molecule has 5 nitrogen and oxygen atoms in total. The van der Waals surface area contributed by atoms with E-state index in [-0.39, 0.29) is 23.4 Å². The second-order valence-corrected chi connectivity index (χ2v) is 7.48. The molecule has 0 bridgehead atoms. The van der Waals surface area contributed by atoms with E-state index in [1.807, 2.05) is 0 Å². The lowest BCUT2D eigenvalue weighted by Crippen LogP contribution is -2.37. The van der Waals surface area contributed by atoms with Gasteiger partial charge in [-0.05, 0) is 57.3 Å². The normalized spacial score (nSPS) is 21.0. The third kappa shape index (κ3) is 2.60. The van der Waals surface area contributed by atoms with Crippen molar-refractivity contribution in [2.75, 3.05) is 0 Å². The molecule has 2 saturated carbocycles. The second-order valence-electron chi connectivity index (χ2n) is 7.48. The molecule has 0 unspecified atom stereocenters. The van der Waals surface area contributed by atoms with Crippen LogP contribution in [0.3, 0.4) is 0 Å². The van der Waals surface area contributed by atoms with Crippen LogP contribution >= 0.6 is 0 Å². The van der Waals surface area contributed by atoms with Gasteiger partial charge in [0.05, 0.1) is 17.7 Å². The van der Waals surface area contributed by atoms with Crippen molar-refractivity contribution in [2.24, 2.45) is 11.3 Å². The number of hydrogen-bond acceptors (Lipinski definition) is 3. The van der Waals surface area contributed by atoms with E-state index in [0.717, 1.165) is 49.9 Å². The van der Waals surface area contributed by atoms with Gasteiger partial charge in [0.2, 0.25) is 5.91 Å². The highest BCUT2D eigenvalue weighted by Crippen LogP contribution is 2.61. The topological polar surface area (TPSA) is 64.0 Å². The zero-order chi connectivity index (χ0) is 16.7. The van der Waals surface area contributed by atoms with Crippen LogP contribution in [0.25, 0.3) is 0 Å². The van der Waals surface area contributed by atoms with Gasteiger partial charge in [0.25, 0.3) is 5.56 Å². The van der Waals surface area contributed by atoms with Crippen molar-refractivity contribution in [3.63, 3.8) is 0 Å². The van der Waals surface area contributed by atoms with E-state index in [1.54, 1.807) is 10.6 Å². The number of nitrogens with one attached hydrogen (secondary N) is 1. The van der Waals surface area contributed by atoms with Crippen LogP contribution in [0.15, 0.2) is 17.4 Å². The van der Waals surface area contributed by atoms with E-state index >= 15 is 0 Å². The summed E-state index contributed by atoms with van der Waals surface area (Å²) >= 11 is 0. The molecule has 3 aliphatic rings. The third-order valence-electron chi connectivity index (χ3n) is 5.83. The zero-order valence-corrected chi connectivity index (χ0v) is 14.1. The predicted octanol–water partition coefficient (Wildman–Crippen LogP) is 2.11. The van der Waals surface area contributed by atoms with Crippen LogP contribution in [0.4, 0.5) is 0 Å². The first kappa shape index (κ1) is 15.6. The van der Waals surface area contributed by atoms with Crippen LogP contribution in [-0.4, -0.2) is 15.5 Å². The smallest absolute Gasteiger partial charge is 0.274 e. The van der Waals surface area contributed by atoms with E-state index in [9.17, 15) is 9.59 Å². The predicted molar refractivity (Wildman–Crippen MR) is 91.6 cm³/mol. The fourth-order valence-corrected chi connectivity index (χ4v) is 4.14. The Morgan fingerprint density at radius 2 is 2.08 bits per heavy atom. The molecule has 1 heterocycles. The lowest BCUT2D eigenvalue weighted by atomic mass is 9.99. The molecule has 1 N–H and O–H groups in total. The first-order chi connectivity index (χ1) is 11.7. The molecule has 128 valence electrons. The summed E-state index contributed by atoms with van der Waals surface area (Å²) in [5.74, 6) is 0.700. The van der Waals surface area contributed by atoms with Gasteiger partial charge in [0.1, 0.15) is 5.69 Å². The Balaban J connectivity index is 1.56. The van der Waals surface area contributed by atoms with E-state index in [2.05, 4.69) is 16.9 Å². The van der Waals surface area contributed by atoms with Gasteiger partial charge in [0, 0.05) is 12.2 Å². The Bertz CT molecular complexity index is 742. The number of amides is 1. The summed E-state index contributed by atoms with van der Waals surface area (Å²) in [4.78, 5) is 29.9. The number of carbonyl (C=O) groups excluding carboxylic acids is 1. The van der Waals surface area contributed by atoms with E-state index < -0.39 is 0 Å². The maximum absolute atomic E-state index is 12.8. The van der Waals surface area contributed by atoms with Crippen molar-refractivity contribution >= 4 is 5.91 Å². The zero-order valence-electron chi connectivity index (χ0n) is 14.1. The average molecular weight is 327 g/mol. The summed E-state index contributed by atoms with van der Waals surface area (Å²) in [6.45, 7) is 4.52. The van der Waals surface area contributed by atoms with Gasteiger partial charge in [-0.15, -0.1) is 6.58 Å². The number of rotatable bonds is 6. The lowest BCUT2D eigenvalue weighted by Gasteiger charge is -2.21. The van der Waals surface area contributed by atoms with Crippen LogP contribution in [0.2, 0.25) is 0 Å². The number of allylic oxidation sites excluding steroid dienone is 1. The largest absolute Gasteiger partial charge is 0.350 e. The standard InChI is InChI=1S/C19H25N3O2/c1-2-11-22-16-6-4-3-5-14(16)21-15(17(22)23)12-20-18(24)19(9-10-19)13-7-8-13/h2,13H,1,3-12H2,(H,20,24). The Labute approximate surface area is 142 Å². The van der Waals surface area contributed by atoms with E-state index in [4.69, 9.17) is 0 Å². The number of carbonyl (C=O) groups is 1. The molecule has 24 heavy (non-hydrogen) atoms. The van der Waals surface area contributed by atoms with Gasteiger partial charge in [-0.25, -0.2) is 4.98 Å². The third-order valence-corrected chi connectivity index (χ3v) is 5.83. The van der Waals surface area contributed by atoms with Gasteiger partial charge in [-0.2, -0.15) is 0 Å². The van der Waals surface area contributed by atoms with Gasteiger partial charge in [-0.1, -0.05) is 6.08 Å². The maximum atomic E-state index is 12.8. The molecule has 0 aromatic carbocycles. The molecular weight excluding hydrogens is 302 g/mol. The molecule has 1 aromatic heterocycles. The molecule has 0 radical (unpaired) electrons.